The van der Waals surface area contributed by atoms with Gasteiger partial charge in [-0.3, -0.25) is 0 Å². The van der Waals surface area contributed by atoms with Crippen molar-refractivity contribution >= 4 is 0 Å². The molecule has 0 aromatic carbocycles. The van der Waals surface area contributed by atoms with Gasteiger partial charge in [0, 0.05) is 5.18 Å². The van der Waals surface area contributed by atoms with Crippen molar-refractivity contribution in [2.45, 2.75) is 12.2 Å². The number of halogens is 5. The zero-order valence-electron chi connectivity index (χ0n) is 3.75. The van der Waals surface area contributed by atoms with E-state index in [9.17, 15) is 22.0 Å². The van der Waals surface area contributed by atoms with Gasteiger partial charge in [0.1, 0.15) is 0 Å². The van der Waals surface area contributed by atoms with Gasteiger partial charge < -0.3 is 0 Å². The van der Waals surface area contributed by atoms with Crippen molar-refractivity contribution in [2.75, 3.05) is 0 Å². The van der Waals surface area contributed by atoms with Crippen LogP contribution in [0.15, 0.2) is 5.18 Å². The Morgan fingerprint density at radius 1 is 1.00 bits per heavy atom. The first-order valence-electron chi connectivity index (χ1n) is 1.60. The molecule has 54 valence electrons. The maximum Gasteiger partial charge on any atom is 0.480 e. The van der Waals surface area contributed by atoms with Gasteiger partial charge in [0.05, 0.1) is 0 Å². The minimum atomic E-state index is -5.87. The highest BCUT2D eigenvalue weighted by molar-refractivity contribution is 4.70. The number of hydrogen-bond donors (Lipinski definition) is 0. The van der Waals surface area contributed by atoms with Crippen LogP contribution in [0.5, 0.6) is 0 Å². The molecule has 0 saturated carbocycles. The predicted octanol–water partition coefficient (Wildman–Crippen LogP) is 1.91. The summed E-state index contributed by atoms with van der Waals surface area (Å²) in [5.74, 6) is 0. The summed E-state index contributed by atoms with van der Waals surface area (Å²) in [5.41, 5.74) is 0. The van der Waals surface area contributed by atoms with Crippen molar-refractivity contribution in [2.24, 2.45) is 5.18 Å². The van der Waals surface area contributed by atoms with Crippen LogP contribution < -0.4 is 0 Å². The smallest absolute Gasteiger partial charge is 0.168 e. The summed E-state index contributed by atoms with van der Waals surface area (Å²) in [6.45, 7) is 0. The second kappa shape index (κ2) is 1.89. The van der Waals surface area contributed by atoms with Crippen LogP contribution in [0, 0.1) is 4.91 Å². The van der Waals surface area contributed by atoms with E-state index in [0.29, 0.717) is 5.18 Å². The average molecular weight is 149 g/mol. The number of rotatable bonds is 1. The molecule has 0 amide bonds. The van der Waals surface area contributed by atoms with E-state index in [1.54, 1.807) is 0 Å². The van der Waals surface area contributed by atoms with Gasteiger partial charge in [0.2, 0.25) is 0 Å². The van der Waals surface area contributed by atoms with Crippen LogP contribution in [0.1, 0.15) is 0 Å². The zero-order chi connectivity index (χ0) is 7.71. The molecule has 0 heterocycles. The van der Waals surface area contributed by atoms with E-state index >= 15 is 0 Å². The Morgan fingerprint density at radius 3 is 1.33 bits per heavy atom. The molecule has 0 saturated heterocycles. The Hall–Kier alpha value is -0.750. The van der Waals surface area contributed by atoms with Crippen LogP contribution in [0.2, 0.25) is 0 Å². The second-order valence-electron chi connectivity index (χ2n) is 1.13. The Morgan fingerprint density at radius 2 is 1.33 bits per heavy atom. The van der Waals surface area contributed by atoms with Gasteiger partial charge in [-0.25, -0.2) is 0 Å². The van der Waals surface area contributed by atoms with Crippen LogP contribution in [0.25, 0.3) is 0 Å². The van der Waals surface area contributed by atoms with Crippen molar-refractivity contribution in [3.05, 3.63) is 4.91 Å². The Bertz CT molecular complexity index is 117. The van der Waals surface area contributed by atoms with Crippen LogP contribution in [0.3, 0.4) is 0 Å². The van der Waals surface area contributed by atoms with Crippen molar-refractivity contribution in [3.63, 3.8) is 0 Å². The summed E-state index contributed by atoms with van der Waals surface area (Å²) in [7, 11) is 0. The molecule has 2 nitrogen and oxygen atoms in total. The predicted molar refractivity (Wildman–Crippen MR) is 16.8 cm³/mol. The minimum Gasteiger partial charge on any atom is -0.168 e. The lowest BCUT2D eigenvalue weighted by molar-refractivity contribution is -0.278. The minimum absolute atomic E-state index is 0.583. The lowest BCUT2D eigenvalue weighted by atomic mass is 10.6. The van der Waals surface area contributed by atoms with E-state index in [-0.39, 0.29) is 0 Å². The molecule has 0 aliphatic carbocycles. The summed E-state index contributed by atoms with van der Waals surface area (Å²) in [5, 5.41) is 0.583. The van der Waals surface area contributed by atoms with Crippen LogP contribution in [0.4, 0.5) is 22.0 Å². The Balaban J connectivity index is 4.32. The molecule has 0 aliphatic rings. The SMILES string of the molecule is O=NC(F)(F)C(F)(F)F. The molecule has 0 aliphatic heterocycles. The van der Waals surface area contributed by atoms with Crippen LogP contribution in [-0.4, -0.2) is 12.2 Å². The van der Waals surface area contributed by atoms with Gasteiger partial charge in [0.25, 0.3) is 0 Å². The summed E-state index contributed by atoms with van der Waals surface area (Å²) in [6, 6.07) is -5.45. The van der Waals surface area contributed by atoms with Crippen molar-refractivity contribution in [1.29, 1.82) is 0 Å². The summed E-state index contributed by atoms with van der Waals surface area (Å²) in [4.78, 5) is 8.75. The van der Waals surface area contributed by atoms with Gasteiger partial charge in [-0.2, -0.15) is 22.0 Å². The monoisotopic (exact) mass is 149 g/mol. The maximum atomic E-state index is 11.1. The molecule has 0 atom stereocenters. The molecular weight excluding hydrogens is 149 g/mol. The molecule has 0 radical (unpaired) electrons. The van der Waals surface area contributed by atoms with Crippen LogP contribution >= 0.6 is 0 Å². The highest BCUT2D eigenvalue weighted by atomic mass is 19.4. The normalized spacial score (nSPS) is 13.4. The fraction of sp³-hybridized carbons (Fsp3) is 1.00. The van der Waals surface area contributed by atoms with E-state index in [4.69, 9.17) is 4.91 Å². The number of hydrogen-bond acceptors (Lipinski definition) is 2. The van der Waals surface area contributed by atoms with Gasteiger partial charge in [-0.05, 0) is 0 Å². The highest BCUT2D eigenvalue weighted by Crippen LogP contribution is 2.35. The third-order valence-corrected chi connectivity index (χ3v) is 0.456. The third kappa shape index (κ3) is 1.58. The molecule has 0 fully saturated rings. The first-order chi connectivity index (χ1) is 3.81. The van der Waals surface area contributed by atoms with Gasteiger partial charge >= 0.3 is 12.2 Å². The Kier molecular flexibility index (Phi) is 1.73. The van der Waals surface area contributed by atoms with Crippen molar-refractivity contribution in [1.82, 2.24) is 0 Å². The molecule has 0 rings (SSSR count). The molecule has 9 heavy (non-hydrogen) atoms. The van der Waals surface area contributed by atoms with E-state index in [2.05, 4.69) is 0 Å². The molecular formula is C2F5NO. The number of nitroso groups, excluding NO2 is 1. The quantitative estimate of drug-likeness (QED) is 0.318. The first kappa shape index (κ1) is 8.25. The third-order valence-electron chi connectivity index (χ3n) is 0.456. The summed E-state index contributed by atoms with van der Waals surface area (Å²) < 4.78 is 54.5. The topological polar surface area (TPSA) is 29.4 Å². The van der Waals surface area contributed by atoms with E-state index in [0.717, 1.165) is 0 Å². The molecule has 0 aromatic rings. The molecule has 0 aromatic heterocycles. The zero-order valence-corrected chi connectivity index (χ0v) is 3.75. The standard InChI is InChI=1S/C2F5NO/c3-1(4,5)2(6,7)8-9. The van der Waals surface area contributed by atoms with E-state index in [1.807, 2.05) is 0 Å². The molecule has 0 unspecified atom stereocenters. The maximum absolute atomic E-state index is 11.1. The summed E-state index contributed by atoms with van der Waals surface area (Å²) >= 11 is 0. The highest BCUT2D eigenvalue weighted by Gasteiger charge is 2.60. The lowest BCUT2D eigenvalue weighted by Crippen LogP contribution is -2.33. The van der Waals surface area contributed by atoms with Gasteiger partial charge in [0.15, 0.2) is 0 Å². The summed E-state index contributed by atoms with van der Waals surface area (Å²) in [6.07, 6.45) is -5.87. The van der Waals surface area contributed by atoms with Crippen molar-refractivity contribution < 1.29 is 22.0 Å². The van der Waals surface area contributed by atoms with E-state index in [1.165, 1.54) is 0 Å². The fourth-order valence-electron chi connectivity index (χ4n) is 0.0518. The van der Waals surface area contributed by atoms with Gasteiger partial charge in [-0.15, -0.1) is 4.91 Å². The molecule has 0 bridgehead atoms. The van der Waals surface area contributed by atoms with E-state index < -0.39 is 12.2 Å². The first-order valence-corrected chi connectivity index (χ1v) is 1.60. The number of alkyl halides is 5. The largest absolute Gasteiger partial charge is 0.480 e. The van der Waals surface area contributed by atoms with Gasteiger partial charge in [-0.1, -0.05) is 0 Å². The molecule has 0 spiro atoms. The number of nitrogens with zero attached hydrogens (tertiary/aromatic N) is 1. The van der Waals surface area contributed by atoms with Crippen molar-refractivity contribution in [3.8, 4) is 0 Å². The van der Waals surface area contributed by atoms with Crippen LogP contribution in [-0.2, 0) is 0 Å². The molecule has 7 heteroatoms. The Labute approximate surface area is 45.6 Å². The average Bonchev–Trinajstić information content (AvgIpc) is 1.64. The molecule has 0 N–H and O–H groups in total. The fourth-order valence-corrected chi connectivity index (χ4v) is 0.0518. The lowest BCUT2D eigenvalue weighted by Gasteiger charge is -2.09. The second-order valence-corrected chi connectivity index (χ2v) is 1.13.